The molecule has 0 aliphatic rings. The van der Waals surface area contributed by atoms with Crippen LogP contribution < -0.4 is 11.1 Å². The summed E-state index contributed by atoms with van der Waals surface area (Å²) >= 11 is 1.74. The van der Waals surface area contributed by atoms with Gasteiger partial charge in [-0.3, -0.25) is 4.90 Å². The molecule has 3 aromatic rings. The molecule has 0 fully saturated rings. The Hall–Kier alpha value is -2.64. The van der Waals surface area contributed by atoms with E-state index in [0.29, 0.717) is 18.3 Å². The first kappa shape index (κ1) is 19.1. The van der Waals surface area contributed by atoms with Crippen molar-refractivity contribution < 1.29 is 0 Å². The quantitative estimate of drug-likeness (QED) is 0.602. The Bertz CT molecular complexity index is 897. The Labute approximate surface area is 164 Å². The summed E-state index contributed by atoms with van der Waals surface area (Å²) < 4.78 is 0. The fourth-order valence-electron chi connectivity index (χ4n) is 2.74. The minimum Gasteiger partial charge on any atom is -0.368 e. The Kier molecular flexibility index (Phi) is 6.26. The van der Waals surface area contributed by atoms with E-state index >= 15 is 0 Å². The van der Waals surface area contributed by atoms with Crippen LogP contribution in [0.1, 0.15) is 17.0 Å². The molecular formula is C20H24N6S. The van der Waals surface area contributed by atoms with Gasteiger partial charge in [0.1, 0.15) is 5.82 Å². The van der Waals surface area contributed by atoms with E-state index in [1.165, 1.54) is 10.5 Å². The fraction of sp³-hybridized carbons (Fsp3) is 0.250. The average molecular weight is 381 g/mol. The number of anilines is 3. The predicted molar refractivity (Wildman–Crippen MR) is 112 cm³/mol. The first-order valence-electron chi connectivity index (χ1n) is 8.68. The zero-order valence-corrected chi connectivity index (χ0v) is 16.6. The standard InChI is InChI=1S/C20H24N6S/c1-14-6-4-5-7-17(14)22-20-24-18(23-19(21)25-20)13-26(2)12-15-8-10-16(27-3)11-9-15/h4-11H,12-13H2,1-3H3,(H3,21,22,23,24,25). The minimum atomic E-state index is 0.216. The van der Waals surface area contributed by atoms with Crippen molar-refractivity contribution in [3.8, 4) is 0 Å². The fourth-order valence-corrected chi connectivity index (χ4v) is 3.15. The van der Waals surface area contributed by atoms with Gasteiger partial charge < -0.3 is 11.1 Å². The van der Waals surface area contributed by atoms with Crippen molar-refractivity contribution in [1.82, 2.24) is 19.9 Å². The maximum atomic E-state index is 5.89. The van der Waals surface area contributed by atoms with E-state index in [1.54, 1.807) is 11.8 Å². The van der Waals surface area contributed by atoms with Crippen LogP contribution >= 0.6 is 11.8 Å². The summed E-state index contributed by atoms with van der Waals surface area (Å²) in [4.78, 5) is 16.4. The molecular weight excluding hydrogens is 356 g/mol. The minimum absolute atomic E-state index is 0.216. The molecule has 0 aliphatic carbocycles. The SMILES string of the molecule is CSc1ccc(CN(C)Cc2nc(N)nc(Nc3ccccc3C)n2)cc1. The van der Waals surface area contributed by atoms with Crippen molar-refractivity contribution >= 4 is 29.3 Å². The highest BCUT2D eigenvalue weighted by Crippen LogP contribution is 2.19. The number of hydrogen-bond acceptors (Lipinski definition) is 7. The molecule has 140 valence electrons. The summed E-state index contributed by atoms with van der Waals surface area (Å²) in [5, 5.41) is 3.23. The molecule has 0 saturated heterocycles. The van der Waals surface area contributed by atoms with E-state index in [2.05, 4.69) is 55.7 Å². The molecule has 0 unspecified atom stereocenters. The number of nitrogens with zero attached hydrogens (tertiary/aromatic N) is 4. The first-order chi connectivity index (χ1) is 13.0. The van der Waals surface area contributed by atoms with Crippen LogP contribution in [0.2, 0.25) is 0 Å². The van der Waals surface area contributed by atoms with Gasteiger partial charge in [-0.05, 0) is 49.6 Å². The molecule has 0 radical (unpaired) electrons. The number of nitrogen functional groups attached to an aromatic ring is 1. The monoisotopic (exact) mass is 380 g/mol. The number of para-hydroxylation sites is 1. The normalized spacial score (nSPS) is 11.0. The van der Waals surface area contributed by atoms with E-state index in [-0.39, 0.29) is 5.95 Å². The molecule has 6 nitrogen and oxygen atoms in total. The van der Waals surface area contributed by atoms with Gasteiger partial charge in [0.2, 0.25) is 11.9 Å². The van der Waals surface area contributed by atoms with Crippen LogP contribution in [0.4, 0.5) is 17.6 Å². The third kappa shape index (κ3) is 5.42. The summed E-state index contributed by atoms with van der Waals surface area (Å²) in [6.07, 6.45) is 2.08. The maximum absolute atomic E-state index is 5.89. The second-order valence-electron chi connectivity index (χ2n) is 6.39. The molecule has 3 rings (SSSR count). The summed E-state index contributed by atoms with van der Waals surface area (Å²) in [6, 6.07) is 16.6. The molecule has 1 aromatic heterocycles. The highest BCUT2D eigenvalue weighted by atomic mass is 32.2. The topological polar surface area (TPSA) is 80.0 Å². The zero-order valence-electron chi connectivity index (χ0n) is 15.8. The molecule has 0 atom stereocenters. The van der Waals surface area contributed by atoms with Gasteiger partial charge in [0.05, 0.1) is 6.54 Å². The van der Waals surface area contributed by atoms with Gasteiger partial charge in [-0.1, -0.05) is 30.3 Å². The van der Waals surface area contributed by atoms with Crippen molar-refractivity contribution in [2.75, 3.05) is 24.4 Å². The molecule has 1 heterocycles. The van der Waals surface area contributed by atoms with Crippen molar-refractivity contribution in [3.05, 3.63) is 65.5 Å². The summed E-state index contributed by atoms with van der Waals surface area (Å²) in [6.45, 7) is 3.42. The van der Waals surface area contributed by atoms with Crippen LogP contribution in [-0.4, -0.2) is 33.2 Å². The predicted octanol–water partition coefficient (Wildman–Crippen LogP) is 3.86. The van der Waals surface area contributed by atoms with Gasteiger partial charge in [-0.15, -0.1) is 11.8 Å². The van der Waals surface area contributed by atoms with Gasteiger partial charge in [-0.25, -0.2) is 0 Å². The Morgan fingerprint density at radius 2 is 1.74 bits per heavy atom. The number of nitrogens with two attached hydrogens (primary N) is 1. The lowest BCUT2D eigenvalue weighted by atomic mass is 10.2. The molecule has 7 heteroatoms. The second-order valence-corrected chi connectivity index (χ2v) is 7.27. The first-order valence-corrected chi connectivity index (χ1v) is 9.90. The van der Waals surface area contributed by atoms with Gasteiger partial charge in [0.15, 0.2) is 0 Å². The van der Waals surface area contributed by atoms with Crippen molar-refractivity contribution in [2.24, 2.45) is 0 Å². The summed E-state index contributed by atoms with van der Waals surface area (Å²) in [7, 11) is 2.04. The molecule has 0 bridgehead atoms. The highest BCUT2D eigenvalue weighted by molar-refractivity contribution is 7.98. The van der Waals surface area contributed by atoms with Gasteiger partial charge in [0, 0.05) is 17.1 Å². The Morgan fingerprint density at radius 3 is 2.44 bits per heavy atom. The Balaban J connectivity index is 1.68. The third-order valence-corrected chi connectivity index (χ3v) is 4.86. The lowest BCUT2D eigenvalue weighted by Crippen LogP contribution is -2.20. The number of benzene rings is 2. The maximum Gasteiger partial charge on any atom is 0.232 e. The van der Waals surface area contributed by atoms with Crippen LogP contribution in [0.25, 0.3) is 0 Å². The summed E-state index contributed by atoms with van der Waals surface area (Å²) in [5.41, 5.74) is 9.20. The van der Waals surface area contributed by atoms with Crippen LogP contribution in [0.3, 0.4) is 0 Å². The number of aryl methyl sites for hydroxylation is 1. The largest absolute Gasteiger partial charge is 0.368 e. The lowest BCUT2D eigenvalue weighted by molar-refractivity contribution is 0.310. The molecule has 0 aliphatic heterocycles. The average Bonchev–Trinajstić information content (AvgIpc) is 2.64. The van der Waals surface area contributed by atoms with Crippen LogP contribution in [-0.2, 0) is 13.1 Å². The smallest absolute Gasteiger partial charge is 0.232 e. The number of hydrogen-bond donors (Lipinski definition) is 2. The summed E-state index contributed by atoms with van der Waals surface area (Å²) in [5.74, 6) is 1.32. The number of rotatable bonds is 7. The van der Waals surface area contributed by atoms with Gasteiger partial charge in [0.25, 0.3) is 0 Å². The Morgan fingerprint density at radius 1 is 1.00 bits per heavy atom. The van der Waals surface area contributed by atoms with Gasteiger partial charge in [-0.2, -0.15) is 15.0 Å². The molecule has 0 saturated carbocycles. The molecule has 27 heavy (non-hydrogen) atoms. The van der Waals surface area contributed by atoms with Crippen LogP contribution in [0, 0.1) is 6.92 Å². The van der Waals surface area contributed by atoms with Crippen molar-refractivity contribution in [1.29, 1.82) is 0 Å². The molecule has 2 aromatic carbocycles. The zero-order chi connectivity index (χ0) is 19.2. The molecule has 3 N–H and O–H groups in total. The van der Waals surface area contributed by atoms with Crippen LogP contribution in [0.5, 0.6) is 0 Å². The molecule has 0 amide bonds. The van der Waals surface area contributed by atoms with E-state index in [9.17, 15) is 0 Å². The highest BCUT2D eigenvalue weighted by Gasteiger charge is 2.09. The van der Waals surface area contributed by atoms with E-state index in [0.717, 1.165) is 17.8 Å². The van der Waals surface area contributed by atoms with Crippen molar-refractivity contribution in [2.45, 2.75) is 24.9 Å². The lowest BCUT2D eigenvalue weighted by Gasteiger charge is -2.16. The van der Waals surface area contributed by atoms with E-state index < -0.39 is 0 Å². The number of nitrogens with one attached hydrogen (secondary N) is 1. The number of aromatic nitrogens is 3. The van der Waals surface area contributed by atoms with Crippen LogP contribution in [0.15, 0.2) is 53.4 Å². The van der Waals surface area contributed by atoms with Gasteiger partial charge >= 0.3 is 0 Å². The van der Waals surface area contributed by atoms with E-state index in [1.807, 2.05) is 38.2 Å². The third-order valence-electron chi connectivity index (χ3n) is 4.11. The number of thioether (sulfide) groups is 1. The second kappa shape index (κ2) is 8.83. The molecule has 0 spiro atoms. The van der Waals surface area contributed by atoms with E-state index in [4.69, 9.17) is 5.73 Å². The van der Waals surface area contributed by atoms with Crippen molar-refractivity contribution in [3.63, 3.8) is 0 Å².